The molecule has 0 radical (unpaired) electrons. The Kier molecular flexibility index (Phi) is 4.71. The van der Waals surface area contributed by atoms with Gasteiger partial charge in [0.05, 0.1) is 20.8 Å². The molecule has 0 aromatic carbocycles. The van der Waals surface area contributed by atoms with Crippen molar-refractivity contribution in [2.75, 3.05) is 20.8 Å². The maximum atomic E-state index is 12.6. The van der Waals surface area contributed by atoms with Crippen LogP contribution in [-0.2, 0) is 28.6 Å². The highest BCUT2D eigenvalue weighted by Crippen LogP contribution is 2.60. The smallest absolute Gasteiger partial charge is 0.334 e. The summed E-state index contributed by atoms with van der Waals surface area (Å²) in [5.74, 6) is -1.57. The monoisotopic (exact) mass is 362 g/mol. The van der Waals surface area contributed by atoms with Crippen LogP contribution in [0.1, 0.15) is 52.4 Å². The minimum atomic E-state index is -1.41. The second-order valence-corrected chi connectivity index (χ2v) is 7.64. The van der Waals surface area contributed by atoms with Crippen LogP contribution in [0.3, 0.4) is 0 Å². The third-order valence-corrected chi connectivity index (χ3v) is 6.17. The van der Waals surface area contributed by atoms with E-state index in [0.717, 1.165) is 30.4 Å². The maximum absolute atomic E-state index is 12.6. The molecule has 0 saturated heterocycles. The van der Waals surface area contributed by atoms with Gasteiger partial charge in [-0.2, -0.15) is 0 Å². The highest BCUT2D eigenvalue weighted by Gasteiger charge is 2.58. The van der Waals surface area contributed by atoms with Crippen LogP contribution >= 0.6 is 0 Å². The molecule has 142 valence electrons. The summed E-state index contributed by atoms with van der Waals surface area (Å²) in [7, 11) is 2.54. The van der Waals surface area contributed by atoms with Crippen LogP contribution in [0.5, 0.6) is 0 Å². The summed E-state index contributed by atoms with van der Waals surface area (Å²) in [6, 6.07) is 0. The number of allylic oxidation sites excluding steroid dienone is 3. The molecule has 0 aromatic heterocycles. The summed E-state index contributed by atoms with van der Waals surface area (Å²) < 4.78 is 15.2. The Hall–Kier alpha value is -2.11. The molecule has 0 amide bonds. The van der Waals surface area contributed by atoms with Crippen molar-refractivity contribution in [3.63, 3.8) is 0 Å². The molecular weight excluding hydrogens is 336 g/mol. The van der Waals surface area contributed by atoms with Gasteiger partial charge in [-0.15, -0.1) is 0 Å². The zero-order valence-electron chi connectivity index (χ0n) is 15.9. The third-order valence-electron chi connectivity index (χ3n) is 6.17. The molecule has 3 aliphatic rings. The Labute approximate surface area is 153 Å². The Balaban J connectivity index is 2.17. The van der Waals surface area contributed by atoms with Crippen molar-refractivity contribution in [1.29, 1.82) is 0 Å². The molecule has 1 unspecified atom stereocenters. The van der Waals surface area contributed by atoms with Gasteiger partial charge in [-0.3, -0.25) is 9.59 Å². The minimum Gasteiger partial charge on any atom is -0.468 e. The van der Waals surface area contributed by atoms with E-state index in [1.54, 1.807) is 6.92 Å². The average Bonchev–Trinajstić information content (AvgIpc) is 3.21. The van der Waals surface area contributed by atoms with Gasteiger partial charge in [-0.05, 0) is 55.6 Å². The van der Waals surface area contributed by atoms with Gasteiger partial charge in [-0.1, -0.05) is 12.5 Å². The molecule has 0 spiro atoms. The lowest BCUT2D eigenvalue weighted by Gasteiger charge is -2.34. The van der Waals surface area contributed by atoms with E-state index in [1.165, 1.54) is 19.8 Å². The van der Waals surface area contributed by atoms with Crippen LogP contribution in [0.25, 0.3) is 0 Å². The van der Waals surface area contributed by atoms with Gasteiger partial charge < -0.3 is 14.2 Å². The van der Waals surface area contributed by atoms with Gasteiger partial charge in [-0.25, -0.2) is 4.79 Å². The van der Waals surface area contributed by atoms with Gasteiger partial charge in [0.1, 0.15) is 0 Å². The number of hydrogen-bond donors (Lipinski definition) is 0. The summed E-state index contributed by atoms with van der Waals surface area (Å²) in [5.41, 5.74) is 2.11. The topological polar surface area (TPSA) is 78.9 Å². The molecular formula is C20H26O6. The largest absolute Gasteiger partial charge is 0.468 e. The van der Waals surface area contributed by atoms with E-state index in [4.69, 9.17) is 14.2 Å². The second kappa shape index (κ2) is 6.56. The first-order valence-electron chi connectivity index (χ1n) is 9.12. The molecule has 2 fully saturated rings. The van der Waals surface area contributed by atoms with Crippen LogP contribution in [0.2, 0.25) is 0 Å². The number of esters is 3. The normalized spacial score (nSPS) is 26.3. The van der Waals surface area contributed by atoms with Gasteiger partial charge in [0.25, 0.3) is 0 Å². The summed E-state index contributed by atoms with van der Waals surface area (Å²) in [5, 5.41) is 0. The molecule has 6 heteroatoms. The Morgan fingerprint density at radius 3 is 2.19 bits per heavy atom. The molecule has 26 heavy (non-hydrogen) atoms. The molecule has 0 heterocycles. The van der Waals surface area contributed by atoms with E-state index in [2.05, 4.69) is 6.92 Å². The lowest BCUT2D eigenvalue weighted by Crippen LogP contribution is -2.38. The van der Waals surface area contributed by atoms with E-state index < -0.39 is 17.4 Å². The molecule has 3 rings (SSSR count). The van der Waals surface area contributed by atoms with Crippen molar-refractivity contribution < 1.29 is 28.6 Å². The number of ether oxygens (including phenoxy) is 3. The van der Waals surface area contributed by atoms with E-state index in [9.17, 15) is 14.4 Å². The quantitative estimate of drug-likeness (QED) is 0.435. The molecule has 0 bridgehead atoms. The lowest BCUT2D eigenvalue weighted by atomic mass is 9.71. The Bertz CT molecular complexity index is 713. The van der Waals surface area contributed by atoms with Gasteiger partial charge in [0, 0.05) is 12.0 Å². The molecule has 0 aliphatic heterocycles. The van der Waals surface area contributed by atoms with Crippen LogP contribution < -0.4 is 0 Å². The summed E-state index contributed by atoms with van der Waals surface area (Å²) in [4.78, 5) is 37.8. The molecule has 3 aliphatic carbocycles. The van der Waals surface area contributed by atoms with Crippen LogP contribution in [0.15, 0.2) is 22.3 Å². The van der Waals surface area contributed by atoms with Crippen molar-refractivity contribution in [1.82, 2.24) is 0 Å². The zero-order valence-corrected chi connectivity index (χ0v) is 15.9. The van der Waals surface area contributed by atoms with Crippen molar-refractivity contribution >= 4 is 17.9 Å². The summed E-state index contributed by atoms with van der Waals surface area (Å²) in [6.07, 6.45) is 3.93. The van der Waals surface area contributed by atoms with E-state index >= 15 is 0 Å². The van der Waals surface area contributed by atoms with E-state index in [0.29, 0.717) is 12.0 Å². The predicted molar refractivity (Wildman–Crippen MR) is 93.0 cm³/mol. The number of fused-ring (bicyclic) bond motifs is 2. The summed E-state index contributed by atoms with van der Waals surface area (Å²) in [6.45, 7) is 4.22. The van der Waals surface area contributed by atoms with Gasteiger partial charge in [0.15, 0.2) is 5.41 Å². The highest BCUT2D eigenvalue weighted by atomic mass is 16.5. The first-order valence-corrected chi connectivity index (χ1v) is 9.12. The lowest BCUT2D eigenvalue weighted by molar-refractivity contribution is -0.168. The Morgan fingerprint density at radius 2 is 1.62 bits per heavy atom. The van der Waals surface area contributed by atoms with E-state index in [-0.39, 0.29) is 30.8 Å². The third kappa shape index (κ3) is 2.58. The fourth-order valence-electron chi connectivity index (χ4n) is 4.95. The summed E-state index contributed by atoms with van der Waals surface area (Å²) >= 11 is 0. The van der Waals surface area contributed by atoms with Crippen molar-refractivity contribution in [3.05, 3.63) is 22.3 Å². The molecule has 2 saturated carbocycles. The molecule has 6 nitrogen and oxygen atoms in total. The first-order chi connectivity index (χ1) is 12.3. The zero-order chi connectivity index (χ0) is 19.1. The first kappa shape index (κ1) is 18.7. The van der Waals surface area contributed by atoms with Gasteiger partial charge >= 0.3 is 17.9 Å². The molecule has 0 aromatic rings. The fraction of sp³-hybridized carbons (Fsp3) is 0.650. The fourth-order valence-corrected chi connectivity index (χ4v) is 4.95. The number of carbonyl (C=O) groups is 3. The molecule has 0 N–H and O–H groups in total. The number of methoxy groups -OCH3 is 2. The number of hydrogen-bond acceptors (Lipinski definition) is 6. The standard InChI is InChI=1S/C20H26O6/c1-5-26-16(21)14-9-19(2)8-6-7-15(19)13-11-20(10-12(13)14,17(22)24-3)18(23)25-4/h5-11H2,1-4H3. The highest BCUT2D eigenvalue weighted by molar-refractivity contribution is 6.03. The van der Waals surface area contributed by atoms with Crippen molar-refractivity contribution in [3.8, 4) is 0 Å². The molecule has 1 atom stereocenters. The van der Waals surface area contributed by atoms with Gasteiger partial charge in [0.2, 0.25) is 0 Å². The van der Waals surface area contributed by atoms with Crippen LogP contribution in [0, 0.1) is 10.8 Å². The van der Waals surface area contributed by atoms with Crippen molar-refractivity contribution in [2.45, 2.75) is 52.4 Å². The van der Waals surface area contributed by atoms with Crippen LogP contribution in [0.4, 0.5) is 0 Å². The predicted octanol–water partition coefficient (Wildman–Crippen LogP) is 2.86. The minimum absolute atomic E-state index is 0.108. The average molecular weight is 362 g/mol. The Morgan fingerprint density at radius 1 is 1.00 bits per heavy atom. The van der Waals surface area contributed by atoms with Crippen molar-refractivity contribution in [2.24, 2.45) is 10.8 Å². The van der Waals surface area contributed by atoms with E-state index in [1.807, 2.05) is 0 Å². The number of rotatable bonds is 4. The second-order valence-electron chi connectivity index (χ2n) is 7.64. The maximum Gasteiger partial charge on any atom is 0.334 e. The SMILES string of the molecule is CCOC(=O)C1=C2CC(C(=O)OC)(C(=O)OC)CC2=C2CCCC2(C)C1. The number of carbonyl (C=O) groups excluding carboxylic acids is 3. The van der Waals surface area contributed by atoms with Crippen LogP contribution in [-0.4, -0.2) is 38.7 Å².